The molecule has 3 nitrogen and oxygen atoms in total. The third-order valence-corrected chi connectivity index (χ3v) is 2.85. The predicted molar refractivity (Wildman–Crippen MR) is 68.7 cm³/mol. The largest absolute Gasteiger partial charge is 0.394 e. The second-order valence-electron chi connectivity index (χ2n) is 4.31. The second kappa shape index (κ2) is 12.9. The number of unbranched alkanes of at least 4 members (excludes halogenated alkanes) is 1. The van der Waals surface area contributed by atoms with E-state index in [1.54, 1.807) is 0 Å². The van der Waals surface area contributed by atoms with Gasteiger partial charge in [-0.3, -0.25) is 0 Å². The molecule has 0 aliphatic carbocycles. The molecule has 0 aromatic heterocycles. The first-order valence-electron chi connectivity index (χ1n) is 6.74. The van der Waals surface area contributed by atoms with Crippen molar-refractivity contribution in [2.24, 2.45) is 5.92 Å². The van der Waals surface area contributed by atoms with Gasteiger partial charge in [-0.2, -0.15) is 0 Å². The molecule has 16 heavy (non-hydrogen) atoms. The molecule has 2 N–H and O–H groups in total. The van der Waals surface area contributed by atoms with Crippen LogP contribution in [-0.4, -0.2) is 38.0 Å². The highest BCUT2D eigenvalue weighted by Gasteiger charge is 2.04. The van der Waals surface area contributed by atoms with E-state index in [1.807, 2.05) is 0 Å². The van der Waals surface area contributed by atoms with E-state index in [0.29, 0.717) is 6.61 Å². The Labute approximate surface area is 101 Å². The van der Waals surface area contributed by atoms with Gasteiger partial charge < -0.3 is 15.2 Å². The average molecular weight is 231 g/mol. The topological polar surface area (TPSA) is 41.5 Å². The zero-order valence-electron chi connectivity index (χ0n) is 11.0. The summed E-state index contributed by atoms with van der Waals surface area (Å²) in [5, 5.41) is 12.0. The molecule has 1 atom stereocenters. The summed E-state index contributed by atoms with van der Waals surface area (Å²) in [6.07, 6.45) is 6.30. The summed E-state index contributed by atoms with van der Waals surface area (Å²) in [5.41, 5.74) is 0. The van der Waals surface area contributed by atoms with Gasteiger partial charge in [0.15, 0.2) is 0 Å². The lowest BCUT2D eigenvalue weighted by Gasteiger charge is -2.15. The molecule has 0 aromatic carbocycles. The first-order chi connectivity index (χ1) is 7.85. The Balaban J connectivity index is 3.20. The standard InChI is InChI=1S/C13H29NO2/c1-3-5-7-13(4-2)12-14-8-6-10-16-11-9-15/h13-15H,3-12H2,1-2H3. The van der Waals surface area contributed by atoms with Crippen molar-refractivity contribution >= 4 is 0 Å². The fraction of sp³-hybridized carbons (Fsp3) is 1.00. The number of aliphatic hydroxyl groups is 1. The summed E-state index contributed by atoms with van der Waals surface area (Å²) >= 11 is 0. The van der Waals surface area contributed by atoms with E-state index in [0.717, 1.165) is 32.0 Å². The van der Waals surface area contributed by atoms with Gasteiger partial charge in [0.1, 0.15) is 0 Å². The lowest BCUT2D eigenvalue weighted by Crippen LogP contribution is -2.24. The van der Waals surface area contributed by atoms with E-state index < -0.39 is 0 Å². The molecule has 0 rings (SSSR count). The zero-order chi connectivity index (χ0) is 12.1. The van der Waals surface area contributed by atoms with Crippen LogP contribution in [0.4, 0.5) is 0 Å². The van der Waals surface area contributed by atoms with Gasteiger partial charge in [0.25, 0.3) is 0 Å². The summed E-state index contributed by atoms with van der Waals surface area (Å²) in [7, 11) is 0. The van der Waals surface area contributed by atoms with Crippen molar-refractivity contribution in [3.63, 3.8) is 0 Å². The van der Waals surface area contributed by atoms with Crippen molar-refractivity contribution in [3.05, 3.63) is 0 Å². The monoisotopic (exact) mass is 231 g/mol. The van der Waals surface area contributed by atoms with Crippen LogP contribution in [0.25, 0.3) is 0 Å². The fourth-order valence-corrected chi connectivity index (χ4v) is 1.72. The van der Waals surface area contributed by atoms with Gasteiger partial charge in [0.05, 0.1) is 13.2 Å². The molecule has 0 aliphatic rings. The van der Waals surface area contributed by atoms with Crippen molar-refractivity contribution < 1.29 is 9.84 Å². The number of hydrogen-bond acceptors (Lipinski definition) is 3. The van der Waals surface area contributed by atoms with Crippen LogP contribution in [-0.2, 0) is 4.74 Å². The molecule has 0 saturated heterocycles. The van der Waals surface area contributed by atoms with Gasteiger partial charge >= 0.3 is 0 Å². The summed E-state index contributed by atoms with van der Waals surface area (Å²) < 4.78 is 5.19. The lowest BCUT2D eigenvalue weighted by atomic mass is 9.99. The number of ether oxygens (including phenoxy) is 1. The van der Waals surface area contributed by atoms with Crippen molar-refractivity contribution in [1.82, 2.24) is 5.32 Å². The molecule has 0 fully saturated rings. The lowest BCUT2D eigenvalue weighted by molar-refractivity contribution is 0.0906. The van der Waals surface area contributed by atoms with E-state index in [-0.39, 0.29) is 6.61 Å². The maximum Gasteiger partial charge on any atom is 0.0697 e. The summed E-state index contributed by atoms with van der Waals surface area (Å²) in [5.74, 6) is 0.832. The number of hydrogen-bond donors (Lipinski definition) is 2. The zero-order valence-corrected chi connectivity index (χ0v) is 11.0. The highest BCUT2D eigenvalue weighted by atomic mass is 16.5. The van der Waals surface area contributed by atoms with Crippen LogP contribution in [0.5, 0.6) is 0 Å². The Morgan fingerprint density at radius 2 is 2.00 bits per heavy atom. The summed E-state index contributed by atoms with van der Waals surface area (Å²) in [6, 6.07) is 0. The highest BCUT2D eigenvalue weighted by Crippen LogP contribution is 2.10. The third kappa shape index (κ3) is 10.4. The van der Waals surface area contributed by atoms with E-state index in [9.17, 15) is 0 Å². The second-order valence-corrected chi connectivity index (χ2v) is 4.31. The third-order valence-electron chi connectivity index (χ3n) is 2.85. The van der Waals surface area contributed by atoms with Crippen LogP contribution in [0.15, 0.2) is 0 Å². The molecule has 98 valence electrons. The Hall–Kier alpha value is -0.120. The van der Waals surface area contributed by atoms with Gasteiger partial charge in [-0.05, 0) is 31.8 Å². The van der Waals surface area contributed by atoms with E-state index in [2.05, 4.69) is 19.2 Å². The van der Waals surface area contributed by atoms with E-state index >= 15 is 0 Å². The van der Waals surface area contributed by atoms with Crippen LogP contribution >= 0.6 is 0 Å². The number of nitrogens with one attached hydrogen (secondary N) is 1. The van der Waals surface area contributed by atoms with Crippen molar-refractivity contribution in [3.8, 4) is 0 Å². The van der Waals surface area contributed by atoms with Crippen molar-refractivity contribution in [1.29, 1.82) is 0 Å². The average Bonchev–Trinajstić information content (AvgIpc) is 2.32. The van der Waals surface area contributed by atoms with Gasteiger partial charge in [-0.1, -0.05) is 33.1 Å². The van der Waals surface area contributed by atoms with Crippen LogP contribution in [0.2, 0.25) is 0 Å². The predicted octanol–water partition coefficient (Wildman–Crippen LogP) is 2.19. The van der Waals surface area contributed by atoms with Gasteiger partial charge in [-0.25, -0.2) is 0 Å². The molecular weight excluding hydrogens is 202 g/mol. The Kier molecular flexibility index (Phi) is 12.9. The molecule has 0 saturated carbocycles. The minimum atomic E-state index is 0.127. The molecule has 1 unspecified atom stereocenters. The Morgan fingerprint density at radius 3 is 2.62 bits per heavy atom. The normalized spacial score (nSPS) is 12.9. The molecule has 0 amide bonds. The molecule has 0 spiro atoms. The molecule has 0 bridgehead atoms. The van der Waals surface area contributed by atoms with Crippen LogP contribution in [0, 0.1) is 5.92 Å². The maximum atomic E-state index is 8.52. The molecule has 0 heterocycles. The molecule has 0 aliphatic heterocycles. The minimum Gasteiger partial charge on any atom is -0.394 e. The fourth-order valence-electron chi connectivity index (χ4n) is 1.72. The molecule has 0 radical (unpaired) electrons. The summed E-state index contributed by atoms with van der Waals surface area (Å²) in [4.78, 5) is 0. The van der Waals surface area contributed by atoms with Crippen molar-refractivity contribution in [2.45, 2.75) is 46.0 Å². The quantitative estimate of drug-likeness (QED) is 0.506. The highest BCUT2D eigenvalue weighted by molar-refractivity contribution is 4.60. The van der Waals surface area contributed by atoms with Gasteiger partial charge in [0, 0.05) is 6.61 Å². The maximum absolute atomic E-state index is 8.52. The van der Waals surface area contributed by atoms with E-state index in [4.69, 9.17) is 9.84 Å². The molecule has 3 heteroatoms. The van der Waals surface area contributed by atoms with Crippen LogP contribution in [0.3, 0.4) is 0 Å². The van der Waals surface area contributed by atoms with Gasteiger partial charge in [0.2, 0.25) is 0 Å². The van der Waals surface area contributed by atoms with Crippen LogP contribution in [0.1, 0.15) is 46.0 Å². The van der Waals surface area contributed by atoms with Crippen molar-refractivity contribution in [2.75, 3.05) is 32.9 Å². The summed E-state index contributed by atoms with van der Waals surface area (Å²) in [6.45, 7) is 8.02. The minimum absolute atomic E-state index is 0.127. The Bertz CT molecular complexity index is 131. The SMILES string of the molecule is CCCCC(CC)CNCCCOCCO. The number of rotatable bonds is 12. The first-order valence-corrected chi connectivity index (χ1v) is 6.74. The molecule has 0 aromatic rings. The van der Waals surface area contributed by atoms with E-state index in [1.165, 1.54) is 25.7 Å². The first kappa shape index (κ1) is 15.9. The molecular formula is C13H29NO2. The Morgan fingerprint density at radius 1 is 1.19 bits per heavy atom. The number of aliphatic hydroxyl groups excluding tert-OH is 1. The van der Waals surface area contributed by atoms with Crippen LogP contribution < -0.4 is 5.32 Å². The smallest absolute Gasteiger partial charge is 0.0697 e. The van der Waals surface area contributed by atoms with Gasteiger partial charge in [-0.15, -0.1) is 0 Å².